The Morgan fingerprint density at radius 1 is 1.41 bits per heavy atom. The molecule has 1 heterocycles. The number of likely N-dealkylation sites (tertiary alicyclic amines) is 1. The zero-order chi connectivity index (χ0) is 12.5. The molecule has 3 nitrogen and oxygen atoms in total. The van der Waals surface area contributed by atoms with E-state index in [1.807, 2.05) is 0 Å². The molecule has 0 spiro atoms. The fourth-order valence-electron chi connectivity index (χ4n) is 3.78. The Labute approximate surface area is 106 Å². The van der Waals surface area contributed by atoms with Crippen LogP contribution in [0.1, 0.15) is 39.0 Å². The van der Waals surface area contributed by atoms with E-state index in [-0.39, 0.29) is 0 Å². The highest BCUT2D eigenvalue weighted by Gasteiger charge is 2.40. The van der Waals surface area contributed by atoms with Crippen molar-refractivity contribution < 1.29 is 0 Å². The third kappa shape index (κ3) is 2.67. The maximum absolute atomic E-state index is 6.09. The molecular formula is C14H29N3. The normalized spacial score (nSPS) is 39.4. The smallest absolute Gasteiger partial charge is 0.0332 e. The highest BCUT2D eigenvalue weighted by atomic mass is 15.2. The van der Waals surface area contributed by atoms with Gasteiger partial charge in [0.25, 0.3) is 0 Å². The molecule has 3 atom stereocenters. The summed E-state index contributed by atoms with van der Waals surface area (Å²) in [7, 11) is 4.55. The van der Waals surface area contributed by atoms with Crippen molar-refractivity contribution >= 4 is 0 Å². The molecule has 2 N–H and O–H groups in total. The summed E-state index contributed by atoms with van der Waals surface area (Å²) in [5.41, 5.74) is 6.38. The molecule has 0 bridgehead atoms. The van der Waals surface area contributed by atoms with Gasteiger partial charge in [0.2, 0.25) is 0 Å². The molecule has 1 aliphatic heterocycles. The lowest BCUT2D eigenvalue weighted by Gasteiger charge is -2.40. The number of nitrogens with zero attached hydrogens (tertiary/aromatic N) is 2. The highest BCUT2D eigenvalue weighted by Crippen LogP contribution is 2.38. The summed E-state index contributed by atoms with van der Waals surface area (Å²) >= 11 is 0. The van der Waals surface area contributed by atoms with Crippen LogP contribution in [0, 0.1) is 5.92 Å². The maximum atomic E-state index is 6.09. The van der Waals surface area contributed by atoms with E-state index in [0.29, 0.717) is 5.54 Å². The lowest BCUT2D eigenvalue weighted by Crippen LogP contribution is -2.53. The average Bonchev–Trinajstić information content (AvgIpc) is 2.87. The summed E-state index contributed by atoms with van der Waals surface area (Å²) in [6.45, 7) is 5.65. The van der Waals surface area contributed by atoms with Crippen molar-refractivity contribution in [1.82, 2.24) is 9.80 Å². The molecule has 0 amide bonds. The number of rotatable bonds is 4. The third-order valence-corrected chi connectivity index (χ3v) is 5.18. The first kappa shape index (κ1) is 13.3. The summed E-state index contributed by atoms with van der Waals surface area (Å²) in [5, 5.41) is 0. The second-order valence-corrected chi connectivity index (χ2v) is 6.43. The van der Waals surface area contributed by atoms with Crippen molar-refractivity contribution in [3.05, 3.63) is 0 Å². The van der Waals surface area contributed by atoms with Crippen LogP contribution in [0.5, 0.6) is 0 Å². The molecule has 0 aromatic carbocycles. The average molecular weight is 239 g/mol. The molecule has 1 saturated heterocycles. The van der Waals surface area contributed by atoms with Crippen molar-refractivity contribution in [2.75, 3.05) is 33.7 Å². The Morgan fingerprint density at radius 3 is 2.65 bits per heavy atom. The van der Waals surface area contributed by atoms with Crippen molar-refractivity contribution in [3.63, 3.8) is 0 Å². The molecule has 1 saturated carbocycles. The molecular weight excluding hydrogens is 210 g/mol. The van der Waals surface area contributed by atoms with Gasteiger partial charge in [0, 0.05) is 24.7 Å². The largest absolute Gasteiger partial charge is 0.329 e. The van der Waals surface area contributed by atoms with Crippen molar-refractivity contribution in [2.45, 2.75) is 50.6 Å². The molecule has 0 aromatic heterocycles. The predicted octanol–water partition coefficient (Wildman–Crippen LogP) is 1.53. The zero-order valence-corrected chi connectivity index (χ0v) is 11.8. The lowest BCUT2D eigenvalue weighted by atomic mass is 9.93. The van der Waals surface area contributed by atoms with Gasteiger partial charge in [-0.15, -0.1) is 0 Å². The Hall–Kier alpha value is -0.120. The third-order valence-electron chi connectivity index (χ3n) is 5.18. The van der Waals surface area contributed by atoms with Gasteiger partial charge in [-0.3, -0.25) is 4.90 Å². The minimum absolute atomic E-state index is 0.294. The SMILES string of the molecule is CC1CCC(CN)(N(C)CC2CCCN2C)C1. The van der Waals surface area contributed by atoms with Gasteiger partial charge in [0.15, 0.2) is 0 Å². The minimum Gasteiger partial charge on any atom is -0.329 e. The van der Waals surface area contributed by atoms with Crippen LogP contribution in [-0.4, -0.2) is 55.1 Å². The Morgan fingerprint density at radius 2 is 2.18 bits per heavy atom. The van der Waals surface area contributed by atoms with Crippen LogP contribution in [0.15, 0.2) is 0 Å². The van der Waals surface area contributed by atoms with Crippen LogP contribution < -0.4 is 5.73 Å². The zero-order valence-electron chi connectivity index (χ0n) is 11.8. The number of hydrogen-bond donors (Lipinski definition) is 1. The molecule has 3 heteroatoms. The summed E-state index contributed by atoms with van der Waals surface area (Å²) in [6, 6.07) is 0.749. The van der Waals surface area contributed by atoms with Gasteiger partial charge in [0.05, 0.1) is 0 Å². The first-order valence-corrected chi connectivity index (χ1v) is 7.19. The predicted molar refractivity (Wildman–Crippen MR) is 73.1 cm³/mol. The summed E-state index contributed by atoms with van der Waals surface area (Å²) in [5.74, 6) is 0.849. The fraction of sp³-hybridized carbons (Fsp3) is 1.00. The molecule has 3 unspecified atom stereocenters. The van der Waals surface area contributed by atoms with E-state index in [4.69, 9.17) is 5.73 Å². The summed E-state index contributed by atoms with van der Waals surface area (Å²) in [6.07, 6.45) is 6.65. The molecule has 100 valence electrons. The van der Waals surface area contributed by atoms with Gasteiger partial charge in [-0.2, -0.15) is 0 Å². The monoisotopic (exact) mass is 239 g/mol. The van der Waals surface area contributed by atoms with Crippen molar-refractivity contribution in [1.29, 1.82) is 0 Å². The van der Waals surface area contributed by atoms with Crippen LogP contribution >= 0.6 is 0 Å². The molecule has 2 fully saturated rings. The Bertz CT molecular complexity index is 256. The first-order chi connectivity index (χ1) is 8.07. The van der Waals surface area contributed by atoms with E-state index in [1.165, 1.54) is 45.2 Å². The quantitative estimate of drug-likeness (QED) is 0.807. The number of nitrogens with two attached hydrogens (primary N) is 1. The summed E-state index contributed by atoms with van der Waals surface area (Å²) in [4.78, 5) is 5.09. The first-order valence-electron chi connectivity index (χ1n) is 7.19. The van der Waals surface area contributed by atoms with Gasteiger partial charge < -0.3 is 10.6 Å². The van der Waals surface area contributed by atoms with Gasteiger partial charge in [0.1, 0.15) is 0 Å². The number of likely N-dealkylation sites (N-methyl/N-ethyl adjacent to an activating group) is 2. The second kappa shape index (κ2) is 5.25. The van der Waals surface area contributed by atoms with Crippen LogP contribution in [0.2, 0.25) is 0 Å². The van der Waals surface area contributed by atoms with Crippen LogP contribution in [-0.2, 0) is 0 Å². The van der Waals surface area contributed by atoms with Gasteiger partial charge in [-0.05, 0) is 58.7 Å². The van der Waals surface area contributed by atoms with Crippen LogP contribution in [0.3, 0.4) is 0 Å². The fourth-order valence-corrected chi connectivity index (χ4v) is 3.78. The van der Waals surface area contributed by atoms with Gasteiger partial charge in [-0.1, -0.05) is 6.92 Å². The van der Waals surface area contributed by atoms with E-state index in [0.717, 1.165) is 18.5 Å². The van der Waals surface area contributed by atoms with Crippen LogP contribution in [0.4, 0.5) is 0 Å². The van der Waals surface area contributed by atoms with Gasteiger partial charge in [-0.25, -0.2) is 0 Å². The van der Waals surface area contributed by atoms with E-state index in [9.17, 15) is 0 Å². The highest BCUT2D eigenvalue weighted by molar-refractivity contribution is 4.98. The standard InChI is InChI=1S/C14H29N3/c1-12-6-7-14(9-12,11-15)17(3)10-13-5-4-8-16(13)2/h12-13H,4-11,15H2,1-3H3. The maximum Gasteiger partial charge on any atom is 0.0332 e. The lowest BCUT2D eigenvalue weighted by molar-refractivity contribution is 0.0973. The van der Waals surface area contributed by atoms with E-state index in [1.54, 1.807) is 0 Å². The Balaban J connectivity index is 1.95. The van der Waals surface area contributed by atoms with Crippen molar-refractivity contribution in [3.8, 4) is 0 Å². The Kier molecular flexibility index (Phi) is 4.11. The molecule has 1 aliphatic carbocycles. The van der Waals surface area contributed by atoms with E-state index in [2.05, 4.69) is 30.8 Å². The molecule has 0 aromatic rings. The van der Waals surface area contributed by atoms with Crippen LogP contribution in [0.25, 0.3) is 0 Å². The van der Waals surface area contributed by atoms with E-state index < -0.39 is 0 Å². The van der Waals surface area contributed by atoms with Crippen molar-refractivity contribution in [2.24, 2.45) is 11.7 Å². The van der Waals surface area contributed by atoms with E-state index >= 15 is 0 Å². The topological polar surface area (TPSA) is 32.5 Å². The minimum atomic E-state index is 0.294. The molecule has 2 rings (SSSR count). The second-order valence-electron chi connectivity index (χ2n) is 6.43. The molecule has 17 heavy (non-hydrogen) atoms. The summed E-state index contributed by atoms with van der Waals surface area (Å²) < 4.78 is 0. The molecule has 0 radical (unpaired) electrons. The molecule has 2 aliphatic rings. The van der Waals surface area contributed by atoms with Gasteiger partial charge >= 0.3 is 0 Å². The number of hydrogen-bond acceptors (Lipinski definition) is 3.